The molecule has 3 nitrogen and oxygen atoms in total. The molecule has 0 aromatic heterocycles. The van der Waals surface area contributed by atoms with Crippen molar-refractivity contribution in [2.24, 2.45) is 5.41 Å². The summed E-state index contributed by atoms with van der Waals surface area (Å²) in [4.78, 5) is 10.3. The summed E-state index contributed by atoms with van der Waals surface area (Å²) in [5, 5.41) is 11.6. The minimum absolute atomic E-state index is 0.169. The number of halogens is 1. The molecule has 1 aromatic rings. The van der Waals surface area contributed by atoms with Gasteiger partial charge in [0.25, 0.3) is 5.69 Å². The second-order valence-electron chi connectivity index (χ2n) is 4.85. The number of hydrogen-bond donors (Lipinski definition) is 0. The zero-order valence-corrected chi connectivity index (χ0v) is 11.4. The monoisotopic (exact) mass is 285 g/mol. The van der Waals surface area contributed by atoms with Gasteiger partial charge in [0.2, 0.25) is 0 Å². The molecule has 4 heteroatoms. The molecule has 0 atom stereocenters. The van der Waals surface area contributed by atoms with E-state index in [4.69, 9.17) is 0 Å². The molecule has 0 bridgehead atoms. The first-order valence-electron chi connectivity index (χ1n) is 5.15. The van der Waals surface area contributed by atoms with Gasteiger partial charge >= 0.3 is 0 Å². The third kappa shape index (κ3) is 3.30. The van der Waals surface area contributed by atoms with Crippen molar-refractivity contribution in [3.05, 3.63) is 39.4 Å². The average molecular weight is 286 g/mol. The highest BCUT2D eigenvalue weighted by Crippen LogP contribution is 2.26. The van der Waals surface area contributed by atoms with Crippen molar-refractivity contribution < 1.29 is 4.92 Å². The lowest BCUT2D eigenvalue weighted by Gasteiger charge is -2.21. The zero-order chi connectivity index (χ0) is 12.3. The van der Waals surface area contributed by atoms with Crippen LogP contribution in [0.2, 0.25) is 0 Å². The summed E-state index contributed by atoms with van der Waals surface area (Å²) in [6, 6.07) is 5.34. The highest BCUT2D eigenvalue weighted by Gasteiger charge is 2.18. The van der Waals surface area contributed by atoms with Crippen molar-refractivity contribution in [3.63, 3.8) is 0 Å². The topological polar surface area (TPSA) is 43.1 Å². The summed E-state index contributed by atoms with van der Waals surface area (Å²) in [6.07, 6.45) is 0.914. The molecule has 16 heavy (non-hydrogen) atoms. The molecule has 0 unspecified atom stereocenters. The van der Waals surface area contributed by atoms with Crippen molar-refractivity contribution in [2.75, 3.05) is 5.33 Å². The van der Waals surface area contributed by atoms with Gasteiger partial charge in [0, 0.05) is 17.0 Å². The Balaban J connectivity index is 2.94. The second-order valence-corrected chi connectivity index (χ2v) is 5.41. The lowest BCUT2D eigenvalue weighted by Crippen LogP contribution is -2.16. The van der Waals surface area contributed by atoms with Crippen LogP contribution in [0.5, 0.6) is 0 Å². The van der Waals surface area contributed by atoms with Crippen LogP contribution < -0.4 is 0 Å². The molecule has 0 saturated heterocycles. The van der Waals surface area contributed by atoms with Crippen LogP contribution in [0.4, 0.5) is 5.69 Å². The molecule has 0 aliphatic rings. The fraction of sp³-hybridized carbons (Fsp3) is 0.500. The highest BCUT2D eigenvalue weighted by atomic mass is 79.9. The third-order valence-electron chi connectivity index (χ3n) is 2.50. The van der Waals surface area contributed by atoms with Crippen molar-refractivity contribution >= 4 is 21.6 Å². The van der Waals surface area contributed by atoms with Crippen LogP contribution in [0.3, 0.4) is 0 Å². The largest absolute Gasteiger partial charge is 0.272 e. The van der Waals surface area contributed by atoms with Crippen molar-refractivity contribution in [1.29, 1.82) is 0 Å². The number of nitro groups is 1. The van der Waals surface area contributed by atoms with Crippen molar-refractivity contribution in [2.45, 2.75) is 27.2 Å². The van der Waals surface area contributed by atoms with Gasteiger partial charge in [-0.1, -0.05) is 35.8 Å². The van der Waals surface area contributed by atoms with E-state index in [0.29, 0.717) is 0 Å². The SMILES string of the molecule is Cc1cc(CC(C)(C)CBr)ccc1[N+](=O)[O-]. The predicted octanol–water partition coefficient (Wildman–Crippen LogP) is 3.87. The third-order valence-corrected chi connectivity index (χ3v) is 4.02. The molecule has 0 amide bonds. The van der Waals surface area contributed by atoms with E-state index in [1.807, 2.05) is 12.1 Å². The van der Waals surface area contributed by atoms with Gasteiger partial charge in [-0.05, 0) is 30.4 Å². The van der Waals surface area contributed by atoms with Crippen LogP contribution in [0.25, 0.3) is 0 Å². The van der Waals surface area contributed by atoms with Crippen LogP contribution >= 0.6 is 15.9 Å². The van der Waals surface area contributed by atoms with E-state index in [-0.39, 0.29) is 16.0 Å². The zero-order valence-electron chi connectivity index (χ0n) is 9.79. The van der Waals surface area contributed by atoms with Crippen molar-refractivity contribution in [3.8, 4) is 0 Å². The summed E-state index contributed by atoms with van der Waals surface area (Å²) >= 11 is 3.48. The van der Waals surface area contributed by atoms with E-state index in [0.717, 1.165) is 22.9 Å². The van der Waals surface area contributed by atoms with Crippen LogP contribution in [0.1, 0.15) is 25.0 Å². The fourth-order valence-electron chi connectivity index (χ4n) is 1.63. The number of hydrogen-bond acceptors (Lipinski definition) is 2. The van der Waals surface area contributed by atoms with E-state index in [1.165, 1.54) is 0 Å². The number of rotatable bonds is 4. The van der Waals surface area contributed by atoms with E-state index in [1.54, 1.807) is 13.0 Å². The first-order valence-corrected chi connectivity index (χ1v) is 6.28. The molecule has 0 saturated carbocycles. The quantitative estimate of drug-likeness (QED) is 0.479. The smallest absolute Gasteiger partial charge is 0.258 e. The van der Waals surface area contributed by atoms with Gasteiger partial charge in [-0.3, -0.25) is 10.1 Å². The van der Waals surface area contributed by atoms with E-state index >= 15 is 0 Å². The first-order chi connectivity index (χ1) is 7.35. The lowest BCUT2D eigenvalue weighted by molar-refractivity contribution is -0.385. The van der Waals surface area contributed by atoms with Crippen LogP contribution in [-0.2, 0) is 6.42 Å². The number of nitro benzene ring substituents is 1. The average Bonchev–Trinajstić information content (AvgIpc) is 2.16. The maximum atomic E-state index is 10.7. The minimum atomic E-state index is -0.339. The summed E-state index contributed by atoms with van der Waals surface area (Å²) in [5.74, 6) is 0. The minimum Gasteiger partial charge on any atom is -0.258 e. The number of benzene rings is 1. The first kappa shape index (κ1) is 13.2. The van der Waals surface area contributed by atoms with Crippen LogP contribution in [0, 0.1) is 22.5 Å². The molecule has 0 heterocycles. The maximum Gasteiger partial charge on any atom is 0.272 e. The lowest BCUT2D eigenvalue weighted by atomic mass is 9.87. The Morgan fingerprint density at radius 3 is 2.50 bits per heavy atom. The summed E-state index contributed by atoms with van der Waals surface area (Å²) < 4.78 is 0. The summed E-state index contributed by atoms with van der Waals surface area (Å²) in [7, 11) is 0. The van der Waals surface area contributed by atoms with Crippen LogP contribution in [0.15, 0.2) is 18.2 Å². The number of nitrogens with zero attached hydrogens (tertiary/aromatic N) is 1. The Labute approximate surface area is 104 Å². The molecule has 0 spiro atoms. The Bertz CT molecular complexity index is 402. The van der Waals surface area contributed by atoms with Crippen molar-refractivity contribution in [1.82, 2.24) is 0 Å². The molecule has 1 rings (SSSR count). The molecule has 0 radical (unpaired) electrons. The number of alkyl halides is 1. The van der Waals surface area contributed by atoms with Crippen LogP contribution in [-0.4, -0.2) is 10.3 Å². The van der Waals surface area contributed by atoms with Gasteiger partial charge in [0.05, 0.1) is 4.92 Å². The van der Waals surface area contributed by atoms with E-state index in [2.05, 4.69) is 29.8 Å². The molecule has 0 N–H and O–H groups in total. The second kappa shape index (κ2) is 4.95. The molecule has 0 aliphatic heterocycles. The van der Waals surface area contributed by atoms with Gasteiger partial charge < -0.3 is 0 Å². The van der Waals surface area contributed by atoms with E-state index < -0.39 is 0 Å². The number of aryl methyl sites for hydroxylation is 1. The van der Waals surface area contributed by atoms with Gasteiger partial charge in [-0.2, -0.15) is 0 Å². The van der Waals surface area contributed by atoms with Gasteiger partial charge in [-0.15, -0.1) is 0 Å². The Morgan fingerprint density at radius 1 is 1.44 bits per heavy atom. The predicted molar refractivity (Wildman–Crippen MR) is 69.1 cm³/mol. The molecule has 0 aliphatic carbocycles. The molecular formula is C12H16BrNO2. The highest BCUT2D eigenvalue weighted by molar-refractivity contribution is 9.09. The fourth-order valence-corrected chi connectivity index (χ4v) is 1.83. The molecular weight excluding hydrogens is 270 g/mol. The normalized spacial score (nSPS) is 11.5. The summed E-state index contributed by atoms with van der Waals surface area (Å²) in [6.45, 7) is 6.11. The Kier molecular flexibility index (Phi) is 4.08. The Morgan fingerprint density at radius 2 is 2.06 bits per heavy atom. The Hall–Kier alpha value is -0.900. The van der Waals surface area contributed by atoms with Gasteiger partial charge in [0.1, 0.15) is 0 Å². The standard InChI is InChI=1S/C12H16BrNO2/c1-9-6-10(7-12(2,3)8-13)4-5-11(9)14(15)16/h4-6H,7-8H2,1-3H3. The summed E-state index contributed by atoms with van der Waals surface area (Å²) in [5.41, 5.74) is 2.24. The van der Waals surface area contributed by atoms with E-state index in [9.17, 15) is 10.1 Å². The van der Waals surface area contributed by atoms with Gasteiger partial charge in [0.15, 0.2) is 0 Å². The molecule has 0 fully saturated rings. The maximum absolute atomic E-state index is 10.7. The van der Waals surface area contributed by atoms with Gasteiger partial charge in [-0.25, -0.2) is 0 Å². The molecule has 1 aromatic carbocycles. The molecule has 88 valence electrons.